The van der Waals surface area contributed by atoms with Crippen LogP contribution in [0, 0.1) is 6.92 Å². The summed E-state index contributed by atoms with van der Waals surface area (Å²) in [6, 6.07) is 26.6. The fourth-order valence-electron chi connectivity index (χ4n) is 2.60. The van der Waals surface area contributed by atoms with E-state index < -0.39 is 0 Å². The molecule has 0 saturated carbocycles. The van der Waals surface area contributed by atoms with Crippen LogP contribution in [-0.4, -0.2) is 13.2 Å². The summed E-state index contributed by atoms with van der Waals surface area (Å²) in [4.78, 5) is 0. The molecule has 3 aromatic carbocycles. The van der Waals surface area contributed by atoms with Gasteiger partial charge in [0.25, 0.3) is 0 Å². The van der Waals surface area contributed by atoms with Crippen LogP contribution in [0.1, 0.15) is 16.7 Å². The lowest BCUT2D eigenvalue weighted by atomic mass is 10.1. The number of hydrogen-bond acceptors (Lipinski definition) is 3. The van der Waals surface area contributed by atoms with E-state index in [4.69, 9.17) is 9.47 Å². The topological polar surface area (TPSA) is 30.5 Å². The van der Waals surface area contributed by atoms with E-state index in [-0.39, 0.29) is 0 Å². The molecule has 0 fully saturated rings. The first-order valence-corrected chi connectivity index (χ1v) is 8.95. The van der Waals surface area contributed by atoms with Gasteiger partial charge in [0.2, 0.25) is 0 Å². The molecular formula is C23H25NO2. The first-order valence-electron chi connectivity index (χ1n) is 8.95. The van der Waals surface area contributed by atoms with E-state index in [1.807, 2.05) is 42.5 Å². The molecule has 3 aromatic rings. The molecule has 0 aliphatic heterocycles. The molecule has 0 atom stereocenters. The fourth-order valence-corrected chi connectivity index (χ4v) is 2.60. The molecule has 0 saturated heterocycles. The van der Waals surface area contributed by atoms with Gasteiger partial charge in [-0.1, -0.05) is 60.2 Å². The van der Waals surface area contributed by atoms with Gasteiger partial charge in [-0.25, -0.2) is 0 Å². The number of nitrogens with one attached hydrogen (secondary N) is 1. The molecule has 3 nitrogen and oxygen atoms in total. The van der Waals surface area contributed by atoms with E-state index in [9.17, 15) is 0 Å². The minimum Gasteiger partial charge on any atom is -0.490 e. The Kier molecular flexibility index (Phi) is 6.68. The smallest absolute Gasteiger partial charge is 0.122 e. The lowest BCUT2D eigenvalue weighted by Gasteiger charge is -2.09. The highest BCUT2D eigenvalue weighted by atomic mass is 16.5. The Bertz CT molecular complexity index is 768. The summed E-state index contributed by atoms with van der Waals surface area (Å²) in [7, 11) is 0. The monoisotopic (exact) mass is 347 g/mol. The fraction of sp³-hybridized carbons (Fsp3) is 0.217. The molecule has 134 valence electrons. The zero-order valence-corrected chi connectivity index (χ0v) is 15.2. The molecule has 26 heavy (non-hydrogen) atoms. The van der Waals surface area contributed by atoms with Gasteiger partial charge >= 0.3 is 0 Å². The third-order valence-corrected chi connectivity index (χ3v) is 4.07. The van der Waals surface area contributed by atoms with Crippen LogP contribution in [0.2, 0.25) is 0 Å². The van der Waals surface area contributed by atoms with Crippen LogP contribution in [0.4, 0.5) is 0 Å². The highest BCUT2D eigenvalue weighted by Crippen LogP contribution is 2.13. The normalized spacial score (nSPS) is 10.5. The van der Waals surface area contributed by atoms with Crippen molar-refractivity contribution in [1.82, 2.24) is 5.32 Å². The average molecular weight is 347 g/mol. The summed E-state index contributed by atoms with van der Waals surface area (Å²) in [6.07, 6.45) is 0. The van der Waals surface area contributed by atoms with Crippen molar-refractivity contribution in [3.63, 3.8) is 0 Å². The molecule has 0 bridgehead atoms. The van der Waals surface area contributed by atoms with Crippen LogP contribution < -0.4 is 14.8 Å². The second kappa shape index (κ2) is 9.64. The summed E-state index contributed by atoms with van der Waals surface area (Å²) in [5, 5.41) is 3.47. The average Bonchev–Trinajstić information content (AvgIpc) is 2.69. The maximum Gasteiger partial charge on any atom is 0.122 e. The van der Waals surface area contributed by atoms with Crippen LogP contribution in [0.15, 0.2) is 78.9 Å². The van der Waals surface area contributed by atoms with E-state index in [1.165, 1.54) is 16.7 Å². The van der Waals surface area contributed by atoms with Gasteiger partial charge < -0.3 is 14.8 Å². The standard InChI is InChI=1S/C23H25NO2/c1-19-7-9-20(10-8-19)17-24-18-21-11-13-23(14-12-21)26-16-15-25-22-5-3-2-4-6-22/h2-14,24H,15-18H2,1H3. The molecule has 3 rings (SSSR count). The Labute approximate surface area is 155 Å². The van der Waals surface area contributed by atoms with Gasteiger partial charge in [-0.3, -0.25) is 0 Å². The maximum absolute atomic E-state index is 5.72. The molecule has 0 radical (unpaired) electrons. The molecule has 3 heteroatoms. The first-order chi connectivity index (χ1) is 12.8. The molecule has 0 spiro atoms. The number of rotatable bonds is 9. The van der Waals surface area contributed by atoms with Crippen LogP contribution in [-0.2, 0) is 13.1 Å². The Morgan fingerprint density at radius 2 is 1.12 bits per heavy atom. The predicted octanol–water partition coefficient (Wildman–Crippen LogP) is 4.74. The van der Waals surface area contributed by atoms with Crippen molar-refractivity contribution in [3.8, 4) is 11.5 Å². The predicted molar refractivity (Wildman–Crippen MR) is 106 cm³/mol. The van der Waals surface area contributed by atoms with Crippen molar-refractivity contribution >= 4 is 0 Å². The number of aryl methyl sites for hydroxylation is 1. The van der Waals surface area contributed by atoms with Gasteiger partial charge in [0, 0.05) is 13.1 Å². The van der Waals surface area contributed by atoms with Crippen molar-refractivity contribution in [3.05, 3.63) is 95.6 Å². The summed E-state index contributed by atoms with van der Waals surface area (Å²) < 4.78 is 11.3. The number of benzene rings is 3. The van der Waals surface area contributed by atoms with Crippen LogP contribution >= 0.6 is 0 Å². The van der Waals surface area contributed by atoms with Crippen LogP contribution in [0.3, 0.4) is 0 Å². The molecule has 0 amide bonds. The van der Waals surface area contributed by atoms with Crippen molar-refractivity contribution in [2.75, 3.05) is 13.2 Å². The second-order valence-corrected chi connectivity index (χ2v) is 6.24. The highest BCUT2D eigenvalue weighted by Gasteiger charge is 1.98. The lowest BCUT2D eigenvalue weighted by Crippen LogP contribution is -2.12. The SMILES string of the molecule is Cc1ccc(CNCc2ccc(OCCOc3ccccc3)cc2)cc1. The Hall–Kier alpha value is -2.78. The summed E-state index contributed by atoms with van der Waals surface area (Å²) in [6.45, 7) is 4.87. The van der Waals surface area contributed by atoms with E-state index in [1.54, 1.807) is 0 Å². The maximum atomic E-state index is 5.72. The van der Waals surface area contributed by atoms with Gasteiger partial charge in [-0.05, 0) is 42.3 Å². The van der Waals surface area contributed by atoms with Crippen molar-refractivity contribution in [2.45, 2.75) is 20.0 Å². The Morgan fingerprint density at radius 3 is 1.69 bits per heavy atom. The molecule has 0 unspecified atom stereocenters. The number of hydrogen-bond donors (Lipinski definition) is 1. The summed E-state index contributed by atoms with van der Waals surface area (Å²) in [5.41, 5.74) is 3.83. The van der Waals surface area contributed by atoms with Gasteiger partial charge in [0.15, 0.2) is 0 Å². The minimum atomic E-state index is 0.528. The van der Waals surface area contributed by atoms with Crippen LogP contribution in [0.5, 0.6) is 11.5 Å². The molecule has 0 aliphatic carbocycles. The molecule has 0 aliphatic rings. The molecule has 1 N–H and O–H groups in total. The quantitative estimate of drug-likeness (QED) is 0.567. The van der Waals surface area contributed by atoms with E-state index >= 15 is 0 Å². The first kappa shape index (κ1) is 18.0. The van der Waals surface area contributed by atoms with Crippen molar-refractivity contribution in [1.29, 1.82) is 0 Å². The van der Waals surface area contributed by atoms with Crippen LogP contribution in [0.25, 0.3) is 0 Å². The van der Waals surface area contributed by atoms with Gasteiger partial charge in [-0.2, -0.15) is 0 Å². The zero-order chi connectivity index (χ0) is 18.0. The van der Waals surface area contributed by atoms with E-state index in [2.05, 4.69) is 48.6 Å². The Morgan fingerprint density at radius 1 is 0.615 bits per heavy atom. The largest absolute Gasteiger partial charge is 0.490 e. The lowest BCUT2D eigenvalue weighted by molar-refractivity contribution is 0.217. The number of ether oxygens (including phenoxy) is 2. The second-order valence-electron chi connectivity index (χ2n) is 6.24. The van der Waals surface area contributed by atoms with Gasteiger partial charge in [0.1, 0.15) is 24.7 Å². The summed E-state index contributed by atoms with van der Waals surface area (Å²) in [5.74, 6) is 1.73. The summed E-state index contributed by atoms with van der Waals surface area (Å²) >= 11 is 0. The molecular weight excluding hydrogens is 322 g/mol. The van der Waals surface area contributed by atoms with E-state index in [0.29, 0.717) is 13.2 Å². The Balaban J connectivity index is 1.35. The van der Waals surface area contributed by atoms with Gasteiger partial charge in [-0.15, -0.1) is 0 Å². The third-order valence-electron chi connectivity index (χ3n) is 4.07. The number of para-hydroxylation sites is 1. The molecule has 0 heterocycles. The van der Waals surface area contributed by atoms with Crippen molar-refractivity contribution < 1.29 is 9.47 Å². The van der Waals surface area contributed by atoms with E-state index in [0.717, 1.165) is 24.6 Å². The van der Waals surface area contributed by atoms with Gasteiger partial charge in [0.05, 0.1) is 0 Å². The van der Waals surface area contributed by atoms with Crippen molar-refractivity contribution in [2.24, 2.45) is 0 Å². The zero-order valence-electron chi connectivity index (χ0n) is 15.2. The third kappa shape index (κ3) is 5.94. The minimum absolute atomic E-state index is 0.528. The highest BCUT2D eigenvalue weighted by molar-refractivity contribution is 5.27. The molecule has 0 aromatic heterocycles.